The third kappa shape index (κ3) is 2.10. The number of para-hydroxylation sites is 1. The molecule has 1 amide bonds. The van der Waals surface area contributed by atoms with Gasteiger partial charge in [-0.2, -0.15) is 10.1 Å². The van der Waals surface area contributed by atoms with E-state index in [1.165, 1.54) is 18.3 Å². The lowest BCUT2D eigenvalue weighted by Gasteiger charge is -2.00. The standard InChI is InChI=1S/C13H12N4OS/c1-8-11-12(15-13(19-11)14-9(2)18)17(16-8)10-6-4-3-5-7-10/h3-7H,1-2H3,(H,14,15,18). The highest BCUT2D eigenvalue weighted by molar-refractivity contribution is 7.22. The van der Waals surface area contributed by atoms with Gasteiger partial charge in [0.2, 0.25) is 5.91 Å². The number of hydrogen-bond donors (Lipinski definition) is 1. The molecule has 1 aromatic carbocycles. The van der Waals surface area contributed by atoms with E-state index in [0.29, 0.717) is 5.13 Å². The van der Waals surface area contributed by atoms with E-state index in [0.717, 1.165) is 21.7 Å². The number of aryl methyl sites for hydroxylation is 1. The molecule has 0 aliphatic heterocycles. The summed E-state index contributed by atoms with van der Waals surface area (Å²) in [6.45, 7) is 3.42. The van der Waals surface area contributed by atoms with E-state index in [9.17, 15) is 4.79 Å². The van der Waals surface area contributed by atoms with Crippen LogP contribution >= 0.6 is 11.3 Å². The van der Waals surface area contributed by atoms with Gasteiger partial charge in [-0.1, -0.05) is 29.5 Å². The Bertz CT molecular complexity index is 745. The van der Waals surface area contributed by atoms with Crippen molar-refractivity contribution >= 4 is 32.7 Å². The largest absolute Gasteiger partial charge is 0.302 e. The smallest absolute Gasteiger partial charge is 0.223 e. The second kappa shape index (κ2) is 4.47. The zero-order valence-corrected chi connectivity index (χ0v) is 11.4. The van der Waals surface area contributed by atoms with Gasteiger partial charge < -0.3 is 5.32 Å². The van der Waals surface area contributed by atoms with E-state index in [-0.39, 0.29) is 5.91 Å². The SMILES string of the molecule is CC(=O)Nc1nc2c(s1)c(C)nn2-c1ccccc1. The topological polar surface area (TPSA) is 59.8 Å². The first kappa shape index (κ1) is 11.9. The van der Waals surface area contributed by atoms with Gasteiger partial charge in [0.05, 0.1) is 16.1 Å². The van der Waals surface area contributed by atoms with Gasteiger partial charge in [-0.25, -0.2) is 4.68 Å². The zero-order valence-electron chi connectivity index (χ0n) is 10.5. The number of anilines is 1. The predicted molar refractivity (Wildman–Crippen MR) is 75.8 cm³/mol. The molecule has 3 aromatic rings. The van der Waals surface area contributed by atoms with Crippen molar-refractivity contribution in [1.29, 1.82) is 0 Å². The number of amides is 1. The highest BCUT2D eigenvalue weighted by Gasteiger charge is 2.15. The summed E-state index contributed by atoms with van der Waals surface area (Å²) in [5.74, 6) is -0.117. The van der Waals surface area contributed by atoms with E-state index in [4.69, 9.17) is 0 Å². The molecule has 2 heterocycles. The van der Waals surface area contributed by atoms with Crippen LogP contribution in [-0.2, 0) is 4.79 Å². The summed E-state index contributed by atoms with van der Waals surface area (Å²) in [5, 5.41) is 7.81. The first-order valence-electron chi connectivity index (χ1n) is 5.84. The van der Waals surface area contributed by atoms with Crippen LogP contribution in [0.2, 0.25) is 0 Å². The summed E-state index contributed by atoms with van der Waals surface area (Å²) in [4.78, 5) is 15.5. The number of nitrogens with zero attached hydrogens (tertiary/aromatic N) is 3. The third-order valence-corrected chi connectivity index (χ3v) is 3.74. The van der Waals surface area contributed by atoms with Crippen LogP contribution in [0.15, 0.2) is 30.3 Å². The summed E-state index contributed by atoms with van der Waals surface area (Å²) in [5.41, 5.74) is 2.64. The molecule has 0 saturated heterocycles. The van der Waals surface area contributed by atoms with Crippen LogP contribution in [0, 0.1) is 6.92 Å². The number of hydrogen-bond acceptors (Lipinski definition) is 4. The van der Waals surface area contributed by atoms with Crippen LogP contribution in [0.4, 0.5) is 5.13 Å². The predicted octanol–water partition coefficient (Wildman–Crippen LogP) is 2.75. The van der Waals surface area contributed by atoms with Crippen molar-refractivity contribution in [3.05, 3.63) is 36.0 Å². The van der Waals surface area contributed by atoms with Gasteiger partial charge in [0.1, 0.15) is 0 Å². The molecule has 1 N–H and O–H groups in total. The van der Waals surface area contributed by atoms with Gasteiger partial charge in [-0.15, -0.1) is 0 Å². The second-order valence-corrected chi connectivity index (χ2v) is 5.18. The molecule has 3 rings (SSSR count). The minimum absolute atomic E-state index is 0.117. The molecule has 96 valence electrons. The average Bonchev–Trinajstić information content (AvgIpc) is 2.90. The molecule has 19 heavy (non-hydrogen) atoms. The number of benzene rings is 1. The number of thiazole rings is 1. The van der Waals surface area contributed by atoms with Gasteiger partial charge in [0, 0.05) is 6.92 Å². The molecule has 6 heteroatoms. The molecule has 0 unspecified atom stereocenters. The molecule has 0 spiro atoms. The Morgan fingerprint density at radius 1 is 1.32 bits per heavy atom. The van der Waals surface area contributed by atoms with Crippen molar-refractivity contribution in [2.24, 2.45) is 0 Å². The van der Waals surface area contributed by atoms with Gasteiger partial charge in [0.15, 0.2) is 10.8 Å². The van der Waals surface area contributed by atoms with E-state index in [1.54, 1.807) is 4.68 Å². The van der Waals surface area contributed by atoms with Crippen LogP contribution in [0.25, 0.3) is 16.0 Å². The van der Waals surface area contributed by atoms with Gasteiger partial charge in [-0.05, 0) is 19.1 Å². The summed E-state index contributed by atoms with van der Waals surface area (Å²) in [7, 11) is 0. The Balaban J connectivity index is 2.15. The van der Waals surface area contributed by atoms with E-state index in [1.807, 2.05) is 37.3 Å². The summed E-state index contributed by atoms with van der Waals surface area (Å²) in [6.07, 6.45) is 0. The molecule has 0 saturated carbocycles. The van der Waals surface area contributed by atoms with E-state index in [2.05, 4.69) is 15.4 Å². The van der Waals surface area contributed by atoms with Crippen molar-refractivity contribution in [3.63, 3.8) is 0 Å². The number of rotatable bonds is 2. The molecule has 0 radical (unpaired) electrons. The fraction of sp³-hybridized carbons (Fsp3) is 0.154. The van der Waals surface area contributed by atoms with Crippen molar-refractivity contribution in [1.82, 2.24) is 14.8 Å². The Labute approximate surface area is 113 Å². The Morgan fingerprint density at radius 2 is 2.05 bits per heavy atom. The molecule has 5 nitrogen and oxygen atoms in total. The third-order valence-electron chi connectivity index (χ3n) is 2.67. The lowest BCUT2D eigenvalue weighted by Crippen LogP contribution is -2.05. The zero-order chi connectivity index (χ0) is 13.4. The Morgan fingerprint density at radius 3 is 2.74 bits per heavy atom. The number of carbonyl (C=O) groups excluding carboxylic acids is 1. The summed E-state index contributed by atoms with van der Waals surface area (Å²) < 4.78 is 2.79. The van der Waals surface area contributed by atoms with Gasteiger partial charge in [0.25, 0.3) is 0 Å². The Hall–Kier alpha value is -2.21. The highest BCUT2D eigenvalue weighted by atomic mass is 32.1. The number of carbonyl (C=O) groups is 1. The second-order valence-electron chi connectivity index (χ2n) is 4.19. The van der Waals surface area contributed by atoms with Crippen molar-refractivity contribution < 1.29 is 4.79 Å². The van der Waals surface area contributed by atoms with Crippen LogP contribution in [-0.4, -0.2) is 20.7 Å². The fourth-order valence-corrected chi connectivity index (χ4v) is 2.82. The molecule has 2 aromatic heterocycles. The van der Waals surface area contributed by atoms with Gasteiger partial charge in [-0.3, -0.25) is 4.79 Å². The lowest BCUT2D eigenvalue weighted by atomic mass is 10.3. The number of aromatic nitrogens is 3. The molecule has 0 aliphatic carbocycles. The van der Waals surface area contributed by atoms with Gasteiger partial charge >= 0.3 is 0 Å². The fourth-order valence-electron chi connectivity index (χ4n) is 1.89. The monoisotopic (exact) mass is 272 g/mol. The molecular formula is C13H12N4OS. The molecule has 0 bridgehead atoms. The first-order valence-corrected chi connectivity index (χ1v) is 6.66. The van der Waals surface area contributed by atoms with E-state index < -0.39 is 0 Å². The van der Waals surface area contributed by atoms with Crippen molar-refractivity contribution in [2.45, 2.75) is 13.8 Å². The minimum Gasteiger partial charge on any atom is -0.302 e. The van der Waals surface area contributed by atoms with Crippen molar-refractivity contribution in [3.8, 4) is 5.69 Å². The van der Waals surface area contributed by atoms with Crippen LogP contribution in [0.5, 0.6) is 0 Å². The maximum absolute atomic E-state index is 11.1. The minimum atomic E-state index is -0.117. The molecule has 0 aliphatic rings. The summed E-state index contributed by atoms with van der Waals surface area (Å²) in [6, 6.07) is 9.83. The maximum atomic E-state index is 11.1. The average molecular weight is 272 g/mol. The quantitative estimate of drug-likeness (QED) is 0.780. The van der Waals surface area contributed by atoms with Crippen LogP contribution < -0.4 is 5.32 Å². The lowest BCUT2D eigenvalue weighted by molar-refractivity contribution is -0.114. The summed E-state index contributed by atoms with van der Waals surface area (Å²) >= 11 is 1.44. The normalized spacial score (nSPS) is 10.8. The van der Waals surface area contributed by atoms with E-state index >= 15 is 0 Å². The Kier molecular flexibility index (Phi) is 2.79. The van der Waals surface area contributed by atoms with Crippen LogP contribution in [0.3, 0.4) is 0 Å². The first-order chi connectivity index (χ1) is 9.15. The number of nitrogens with one attached hydrogen (secondary N) is 1. The maximum Gasteiger partial charge on any atom is 0.223 e. The van der Waals surface area contributed by atoms with Crippen molar-refractivity contribution in [2.75, 3.05) is 5.32 Å². The molecule has 0 fully saturated rings. The highest BCUT2D eigenvalue weighted by Crippen LogP contribution is 2.30. The molecule has 0 atom stereocenters. The number of fused-ring (bicyclic) bond motifs is 1. The molecular weight excluding hydrogens is 260 g/mol. The van der Waals surface area contributed by atoms with Crippen LogP contribution in [0.1, 0.15) is 12.6 Å².